The van der Waals surface area contributed by atoms with Gasteiger partial charge in [-0.05, 0) is 12.8 Å². The lowest BCUT2D eigenvalue weighted by Crippen LogP contribution is -2.05. The van der Waals surface area contributed by atoms with Gasteiger partial charge in [0.2, 0.25) is 0 Å². The first-order valence-corrected chi connectivity index (χ1v) is 22.0. The fourth-order valence-electron chi connectivity index (χ4n) is 6.96. The van der Waals surface area contributed by atoms with Crippen LogP contribution in [0.4, 0.5) is 0 Å². The summed E-state index contributed by atoms with van der Waals surface area (Å²) in [5.74, 6) is 0.0313. The highest BCUT2D eigenvalue weighted by molar-refractivity contribution is 5.69. The Bertz CT molecular complexity index is 544. The molecule has 0 aliphatic heterocycles. The van der Waals surface area contributed by atoms with E-state index in [1.54, 1.807) is 0 Å². The zero-order valence-electron chi connectivity index (χ0n) is 32.3. The van der Waals surface area contributed by atoms with E-state index in [4.69, 9.17) is 4.74 Å². The lowest BCUT2D eigenvalue weighted by Gasteiger charge is -2.06. The molecule has 0 aliphatic carbocycles. The van der Waals surface area contributed by atoms with Crippen LogP contribution in [0.3, 0.4) is 0 Å². The van der Waals surface area contributed by atoms with Crippen molar-refractivity contribution in [1.82, 2.24) is 0 Å². The number of carbonyl (C=O) groups is 1. The Labute approximate surface area is 292 Å². The summed E-state index contributed by atoms with van der Waals surface area (Å²) >= 11 is 0. The van der Waals surface area contributed by atoms with E-state index in [0.717, 1.165) is 12.8 Å². The van der Waals surface area contributed by atoms with Gasteiger partial charge in [0.15, 0.2) is 0 Å². The summed E-state index contributed by atoms with van der Waals surface area (Å²) in [4.78, 5) is 12.0. The van der Waals surface area contributed by atoms with E-state index in [2.05, 4.69) is 13.8 Å². The van der Waals surface area contributed by atoms with Crippen LogP contribution in [0.5, 0.6) is 0 Å². The molecular weight excluding hydrogens is 560 g/mol. The second-order valence-electron chi connectivity index (χ2n) is 15.1. The number of carbonyl (C=O) groups excluding carboxylic acids is 1. The number of ether oxygens (including phenoxy) is 1. The maximum Gasteiger partial charge on any atom is 0.305 e. The third-order valence-corrected chi connectivity index (χ3v) is 10.2. The highest BCUT2D eigenvalue weighted by Crippen LogP contribution is 2.17. The van der Waals surface area contributed by atoms with Gasteiger partial charge in [-0.15, -0.1) is 0 Å². The molecule has 0 unspecified atom stereocenters. The van der Waals surface area contributed by atoms with Gasteiger partial charge in [0, 0.05) is 6.42 Å². The largest absolute Gasteiger partial charge is 0.466 e. The molecule has 2 nitrogen and oxygen atoms in total. The zero-order chi connectivity index (χ0) is 33.3. The lowest BCUT2D eigenvalue weighted by molar-refractivity contribution is -0.143. The van der Waals surface area contributed by atoms with E-state index >= 15 is 0 Å². The van der Waals surface area contributed by atoms with Crippen molar-refractivity contribution >= 4 is 5.97 Å². The number of esters is 1. The number of hydrogen-bond donors (Lipinski definition) is 0. The van der Waals surface area contributed by atoms with Gasteiger partial charge in [0.05, 0.1) is 6.61 Å². The maximum absolute atomic E-state index is 12.0. The Morgan fingerprint density at radius 1 is 0.283 bits per heavy atom. The summed E-state index contributed by atoms with van der Waals surface area (Å²) in [5, 5.41) is 0. The van der Waals surface area contributed by atoms with Crippen molar-refractivity contribution < 1.29 is 9.53 Å². The number of unbranched alkanes of at least 4 members (excludes halogenated alkanes) is 37. The Hall–Kier alpha value is -0.530. The Morgan fingerprint density at radius 3 is 0.717 bits per heavy atom. The molecular formula is C44H88O2. The molecule has 0 radical (unpaired) electrons. The minimum Gasteiger partial charge on any atom is -0.466 e. The minimum absolute atomic E-state index is 0.0313. The molecule has 46 heavy (non-hydrogen) atoms. The fourth-order valence-corrected chi connectivity index (χ4v) is 6.96. The van der Waals surface area contributed by atoms with Crippen molar-refractivity contribution in [3.8, 4) is 0 Å². The van der Waals surface area contributed by atoms with Gasteiger partial charge < -0.3 is 4.74 Å². The van der Waals surface area contributed by atoms with E-state index < -0.39 is 0 Å². The Balaban J connectivity index is 3.13. The molecule has 0 spiro atoms. The van der Waals surface area contributed by atoms with Crippen molar-refractivity contribution in [3.05, 3.63) is 0 Å². The molecule has 276 valence electrons. The minimum atomic E-state index is 0.0313. The second-order valence-corrected chi connectivity index (χ2v) is 15.1. The lowest BCUT2D eigenvalue weighted by atomic mass is 10.0. The van der Waals surface area contributed by atoms with Crippen molar-refractivity contribution in [1.29, 1.82) is 0 Å². The van der Waals surface area contributed by atoms with Crippen molar-refractivity contribution in [3.63, 3.8) is 0 Å². The third-order valence-electron chi connectivity index (χ3n) is 10.2. The number of rotatable bonds is 41. The topological polar surface area (TPSA) is 26.3 Å². The maximum atomic E-state index is 12.0. The van der Waals surface area contributed by atoms with Crippen LogP contribution in [0, 0.1) is 0 Å². The van der Waals surface area contributed by atoms with Crippen LogP contribution < -0.4 is 0 Å². The van der Waals surface area contributed by atoms with Crippen molar-refractivity contribution in [2.24, 2.45) is 0 Å². The average Bonchev–Trinajstić information content (AvgIpc) is 3.06. The second kappa shape index (κ2) is 42.5. The Kier molecular flexibility index (Phi) is 42.0. The predicted octanol–water partition coefficient (Wildman–Crippen LogP) is 16.2. The van der Waals surface area contributed by atoms with E-state index in [0.29, 0.717) is 13.0 Å². The van der Waals surface area contributed by atoms with Crippen LogP contribution >= 0.6 is 0 Å². The summed E-state index contributed by atoms with van der Waals surface area (Å²) in [7, 11) is 0. The molecule has 0 aromatic rings. The summed E-state index contributed by atoms with van der Waals surface area (Å²) in [6.45, 7) is 5.23. The average molecular weight is 649 g/mol. The monoisotopic (exact) mass is 649 g/mol. The third kappa shape index (κ3) is 41.5. The summed E-state index contributed by atoms with van der Waals surface area (Å²) in [6, 6.07) is 0. The molecule has 0 aliphatic rings. The summed E-state index contributed by atoms with van der Waals surface area (Å²) in [5.41, 5.74) is 0. The summed E-state index contributed by atoms with van der Waals surface area (Å²) < 4.78 is 5.47. The van der Waals surface area contributed by atoms with Crippen LogP contribution in [0.25, 0.3) is 0 Å². The zero-order valence-corrected chi connectivity index (χ0v) is 32.3. The van der Waals surface area contributed by atoms with Crippen LogP contribution in [0.15, 0.2) is 0 Å². The fraction of sp³-hybridized carbons (Fsp3) is 0.977. The van der Waals surface area contributed by atoms with E-state index in [9.17, 15) is 4.79 Å². The quantitative estimate of drug-likeness (QED) is 0.0487. The molecule has 0 saturated carbocycles. The highest BCUT2D eigenvalue weighted by Gasteiger charge is 2.03. The van der Waals surface area contributed by atoms with Crippen molar-refractivity contribution in [2.75, 3.05) is 6.61 Å². The molecule has 2 heteroatoms. The van der Waals surface area contributed by atoms with Crippen LogP contribution in [-0.2, 0) is 9.53 Å². The predicted molar refractivity (Wildman–Crippen MR) is 207 cm³/mol. The van der Waals surface area contributed by atoms with Gasteiger partial charge in [-0.1, -0.05) is 251 Å². The van der Waals surface area contributed by atoms with Gasteiger partial charge in [-0.25, -0.2) is 0 Å². The smallest absolute Gasteiger partial charge is 0.305 e. The van der Waals surface area contributed by atoms with Gasteiger partial charge >= 0.3 is 5.97 Å². The molecule has 0 rings (SSSR count). The first-order chi connectivity index (χ1) is 22.8. The van der Waals surface area contributed by atoms with Gasteiger partial charge in [-0.3, -0.25) is 4.79 Å². The van der Waals surface area contributed by atoms with E-state index in [1.165, 1.54) is 238 Å². The van der Waals surface area contributed by atoms with Crippen molar-refractivity contribution in [2.45, 2.75) is 271 Å². The molecule has 0 aromatic heterocycles. The summed E-state index contributed by atoms with van der Waals surface area (Å²) in [6.07, 6.45) is 54.9. The molecule has 0 saturated heterocycles. The first-order valence-electron chi connectivity index (χ1n) is 22.0. The first kappa shape index (κ1) is 45.5. The van der Waals surface area contributed by atoms with Crippen LogP contribution in [0.2, 0.25) is 0 Å². The van der Waals surface area contributed by atoms with Crippen LogP contribution in [-0.4, -0.2) is 12.6 Å². The highest BCUT2D eigenvalue weighted by atomic mass is 16.5. The Morgan fingerprint density at radius 2 is 0.478 bits per heavy atom. The van der Waals surface area contributed by atoms with Gasteiger partial charge in [0.25, 0.3) is 0 Å². The van der Waals surface area contributed by atoms with E-state index in [1.807, 2.05) is 0 Å². The standard InChI is InChI=1S/C44H88O2/c1-3-5-7-9-11-13-15-17-19-20-21-22-23-24-25-26-27-29-31-33-35-37-39-41-43-46-44(45)42-40-38-36-34-32-30-28-18-16-14-12-10-8-6-4-2/h3-43H2,1-2H3. The molecule has 0 N–H and O–H groups in total. The molecule has 0 amide bonds. The molecule has 0 bridgehead atoms. The van der Waals surface area contributed by atoms with E-state index in [-0.39, 0.29) is 5.97 Å². The van der Waals surface area contributed by atoms with Gasteiger partial charge in [-0.2, -0.15) is 0 Å². The molecule has 0 heterocycles. The molecule has 0 aromatic carbocycles. The SMILES string of the molecule is CCCCCCCCCCCCCCCCCCCCCCCCCCOC(=O)CCCCCCCCCCCCCCCCC. The normalized spacial score (nSPS) is 11.4. The van der Waals surface area contributed by atoms with Gasteiger partial charge in [0.1, 0.15) is 0 Å². The van der Waals surface area contributed by atoms with Crippen LogP contribution in [0.1, 0.15) is 271 Å². The molecule has 0 fully saturated rings. The number of hydrogen-bond acceptors (Lipinski definition) is 2. The molecule has 0 atom stereocenters.